The molecule has 3 atom stereocenters. The largest absolute Gasteiger partial charge is 0.480 e. The molecule has 2 aliphatic carbocycles. The maximum Gasteiger partial charge on any atom is 0.410 e. The lowest BCUT2D eigenvalue weighted by Gasteiger charge is -2.41. The summed E-state index contributed by atoms with van der Waals surface area (Å²) in [5.41, 5.74) is 4.74. The lowest BCUT2D eigenvalue weighted by molar-refractivity contribution is -0.158. The van der Waals surface area contributed by atoms with Crippen LogP contribution in [0, 0.1) is 5.92 Å². The van der Waals surface area contributed by atoms with Crippen molar-refractivity contribution in [2.75, 3.05) is 19.8 Å². The zero-order chi connectivity index (χ0) is 25.6. The molecule has 2 heterocycles. The summed E-state index contributed by atoms with van der Waals surface area (Å²) < 4.78 is 12.7. The van der Waals surface area contributed by atoms with E-state index in [4.69, 9.17) is 9.47 Å². The van der Waals surface area contributed by atoms with Gasteiger partial charge in [-0.2, -0.15) is 0 Å². The first-order chi connectivity index (χ1) is 18.0. The van der Waals surface area contributed by atoms with Gasteiger partial charge in [0.05, 0.1) is 0 Å². The third kappa shape index (κ3) is 4.12. The fourth-order valence-corrected chi connectivity index (χ4v) is 7.11. The van der Waals surface area contributed by atoms with Crippen LogP contribution in [0.5, 0.6) is 0 Å². The molecule has 1 aliphatic heterocycles. The van der Waals surface area contributed by atoms with E-state index in [-0.39, 0.29) is 30.6 Å². The van der Waals surface area contributed by atoms with Crippen molar-refractivity contribution in [2.45, 2.75) is 36.8 Å². The number of carbonyl (C=O) groups is 2. The van der Waals surface area contributed by atoms with E-state index in [2.05, 4.69) is 45.2 Å². The van der Waals surface area contributed by atoms with Crippen LogP contribution in [-0.2, 0) is 19.9 Å². The van der Waals surface area contributed by atoms with E-state index in [0.717, 1.165) is 12.0 Å². The van der Waals surface area contributed by atoms with Crippen LogP contribution in [0.1, 0.15) is 41.9 Å². The van der Waals surface area contributed by atoms with Crippen molar-refractivity contribution >= 4 is 28.0 Å². The van der Waals surface area contributed by atoms with E-state index in [1.54, 1.807) is 6.20 Å². The number of carboxylic acids is 1. The normalized spacial score (nSPS) is 24.0. The number of fused-ring (bicyclic) bond motifs is 5. The number of aliphatic carboxylic acids is 1. The molecule has 3 aliphatic rings. The number of hydrogen-bond acceptors (Lipinski definition) is 5. The van der Waals surface area contributed by atoms with E-state index < -0.39 is 18.2 Å². The zero-order valence-corrected chi connectivity index (χ0v) is 21.8. The summed E-state index contributed by atoms with van der Waals surface area (Å²) in [6.45, 7) is 0.311. The van der Waals surface area contributed by atoms with Crippen molar-refractivity contribution in [3.63, 3.8) is 0 Å². The number of halogens is 1. The van der Waals surface area contributed by atoms with Gasteiger partial charge in [0.15, 0.2) is 0 Å². The highest BCUT2D eigenvalue weighted by atomic mass is 79.9. The summed E-state index contributed by atoms with van der Waals surface area (Å²) in [6, 6.07) is 20.4. The number of likely N-dealkylation sites (tertiary alicyclic amines) is 1. The molecule has 37 heavy (non-hydrogen) atoms. The number of amides is 1. The number of carboxylic acid groups (broad SMARTS) is 1. The molecule has 1 saturated carbocycles. The van der Waals surface area contributed by atoms with Crippen LogP contribution in [-0.4, -0.2) is 52.9 Å². The second-order valence-corrected chi connectivity index (χ2v) is 10.7. The third-order valence-electron chi connectivity index (χ3n) is 8.16. The first kappa shape index (κ1) is 24.1. The van der Waals surface area contributed by atoms with Crippen molar-refractivity contribution in [1.82, 2.24) is 9.88 Å². The molecular weight excluding hydrogens is 536 g/mol. The van der Waals surface area contributed by atoms with E-state index in [1.807, 2.05) is 41.3 Å². The molecule has 1 amide bonds. The molecule has 2 aromatic carbocycles. The second kappa shape index (κ2) is 9.58. The number of rotatable bonds is 6. The summed E-state index contributed by atoms with van der Waals surface area (Å²) in [5.74, 6) is -1.08. The van der Waals surface area contributed by atoms with Gasteiger partial charge < -0.3 is 19.5 Å². The van der Waals surface area contributed by atoms with Crippen LogP contribution < -0.4 is 0 Å². The monoisotopic (exact) mass is 562 g/mol. The van der Waals surface area contributed by atoms with Crippen LogP contribution in [0.15, 0.2) is 71.5 Å². The van der Waals surface area contributed by atoms with Crippen LogP contribution in [0.4, 0.5) is 4.79 Å². The SMILES string of the molecule is O=C(O)COC1(c2cccnc2Br)CCC2CC1CN2C(=O)OCC1c2ccccc2-c2ccccc21. The average Bonchev–Trinajstić information content (AvgIpc) is 3.44. The highest BCUT2D eigenvalue weighted by molar-refractivity contribution is 9.10. The van der Waals surface area contributed by atoms with Crippen LogP contribution in [0.3, 0.4) is 0 Å². The molecule has 0 spiro atoms. The Morgan fingerprint density at radius 2 is 1.76 bits per heavy atom. The van der Waals surface area contributed by atoms with Crippen molar-refractivity contribution in [2.24, 2.45) is 5.92 Å². The lowest BCUT2D eigenvalue weighted by atomic mass is 9.72. The lowest BCUT2D eigenvalue weighted by Crippen LogP contribution is -2.43. The van der Waals surface area contributed by atoms with Gasteiger partial charge in [-0.05, 0) is 63.5 Å². The Bertz CT molecular complexity index is 1320. The van der Waals surface area contributed by atoms with Crippen LogP contribution in [0.25, 0.3) is 11.1 Å². The molecule has 1 saturated heterocycles. The van der Waals surface area contributed by atoms with E-state index in [9.17, 15) is 14.7 Å². The van der Waals surface area contributed by atoms with Crippen LogP contribution in [0.2, 0.25) is 0 Å². The number of benzene rings is 2. The van der Waals surface area contributed by atoms with Gasteiger partial charge >= 0.3 is 12.1 Å². The molecule has 7 nitrogen and oxygen atoms in total. The Morgan fingerprint density at radius 1 is 1.05 bits per heavy atom. The molecule has 1 N–H and O–H groups in total. The maximum atomic E-state index is 13.4. The number of nitrogens with zero attached hydrogens (tertiary/aromatic N) is 2. The number of carbonyl (C=O) groups excluding carboxylic acids is 1. The molecule has 3 aromatic rings. The number of aromatic nitrogens is 1. The number of pyridine rings is 1. The topological polar surface area (TPSA) is 89.0 Å². The minimum atomic E-state index is -1.02. The molecule has 8 heteroatoms. The Balaban J connectivity index is 1.21. The highest BCUT2D eigenvalue weighted by Gasteiger charge is 2.54. The van der Waals surface area contributed by atoms with Gasteiger partial charge in [0.25, 0.3) is 0 Å². The Morgan fingerprint density at radius 3 is 2.43 bits per heavy atom. The summed E-state index contributed by atoms with van der Waals surface area (Å²) in [4.78, 5) is 31.0. The predicted molar refractivity (Wildman–Crippen MR) is 140 cm³/mol. The molecule has 190 valence electrons. The summed E-state index contributed by atoms with van der Waals surface area (Å²) >= 11 is 3.53. The van der Waals surface area contributed by atoms with Gasteiger partial charge in [-0.3, -0.25) is 0 Å². The maximum absolute atomic E-state index is 13.4. The Hall–Kier alpha value is -3.23. The first-order valence-electron chi connectivity index (χ1n) is 12.6. The molecule has 0 radical (unpaired) electrons. The smallest absolute Gasteiger partial charge is 0.410 e. The average molecular weight is 563 g/mol. The molecule has 1 aromatic heterocycles. The predicted octanol–water partition coefficient (Wildman–Crippen LogP) is 5.57. The molecule has 2 fully saturated rings. The number of hydrogen-bond donors (Lipinski definition) is 1. The molecule has 2 bridgehead atoms. The third-order valence-corrected chi connectivity index (χ3v) is 8.79. The fraction of sp³-hybridized carbons (Fsp3) is 0.345. The second-order valence-electron chi connectivity index (χ2n) is 10.00. The number of ether oxygens (including phenoxy) is 2. The van der Waals surface area contributed by atoms with Crippen molar-refractivity contribution in [3.8, 4) is 11.1 Å². The van der Waals surface area contributed by atoms with E-state index >= 15 is 0 Å². The minimum Gasteiger partial charge on any atom is -0.480 e. The Kier molecular flexibility index (Phi) is 6.24. The van der Waals surface area contributed by atoms with E-state index in [1.165, 1.54) is 22.3 Å². The Labute approximate surface area is 223 Å². The first-order valence-corrected chi connectivity index (χ1v) is 13.4. The van der Waals surface area contributed by atoms with E-state index in [0.29, 0.717) is 24.0 Å². The standard InChI is InChI=1S/C29H27BrN2O5/c30-27-25(10-5-13-31-27)29(37-17-26(33)34)12-11-19-14-18(29)15-32(19)28(35)36-16-24-22-8-3-1-6-20(22)21-7-2-4-9-23(21)24/h1-10,13,18-19,24H,11-12,14-17H2,(H,33,34). The van der Waals surface area contributed by atoms with Crippen molar-refractivity contribution in [1.29, 1.82) is 0 Å². The van der Waals surface area contributed by atoms with Gasteiger partial charge in [-0.25, -0.2) is 14.6 Å². The van der Waals surface area contributed by atoms with Gasteiger partial charge in [0.1, 0.15) is 23.4 Å². The quantitative estimate of drug-likeness (QED) is 0.395. The van der Waals surface area contributed by atoms with Crippen LogP contribution >= 0.6 is 15.9 Å². The molecule has 6 rings (SSSR count). The summed E-state index contributed by atoms with van der Waals surface area (Å²) in [6.07, 6.45) is 3.38. The fourth-order valence-electron chi connectivity index (χ4n) is 6.53. The molecule has 3 unspecified atom stereocenters. The van der Waals surface area contributed by atoms with Crippen molar-refractivity contribution < 1.29 is 24.2 Å². The van der Waals surface area contributed by atoms with Crippen molar-refractivity contribution in [3.05, 3.63) is 88.2 Å². The molecular formula is C29H27BrN2O5. The summed E-state index contributed by atoms with van der Waals surface area (Å²) in [7, 11) is 0. The minimum absolute atomic E-state index is 0.00247. The van der Waals surface area contributed by atoms with Gasteiger partial charge in [0, 0.05) is 36.2 Å². The van der Waals surface area contributed by atoms with Gasteiger partial charge in [-0.15, -0.1) is 0 Å². The van der Waals surface area contributed by atoms with Gasteiger partial charge in [0.2, 0.25) is 0 Å². The summed E-state index contributed by atoms with van der Waals surface area (Å²) in [5, 5.41) is 9.36. The van der Waals surface area contributed by atoms with Gasteiger partial charge in [-0.1, -0.05) is 54.6 Å². The highest BCUT2D eigenvalue weighted by Crippen LogP contribution is 2.52. The zero-order valence-electron chi connectivity index (χ0n) is 20.2.